The van der Waals surface area contributed by atoms with E-state index in [0.717, 1.165) is 64.9 Å². The van der Waals surface area contributed by atoms with Gasteiger partial charge in [0.05, 0.1) is 39.7 Å². The second-order valence-corrected chi connectivity index (χ2v) is 9.82. The van der Waals surface area contributed by atoms with E-state index in [1.807, 2.05) is 48.9 Å². The van der Waals surface area contributed by atoms with E-state index in [0.29, 0.717) is 17.1 Å². The van der Waals surface area contributed by atoms with Crippen LogP contribution in [0.2, 0.25) is 0 Å². The molecule has 0 aliphatic carbocycles. The zero-order chi connectivity index (χ0) is 26.6. The maximum absolute atomic E-state index is 14.0. The highest BCUT2D eigenvalue weighted by atomic mass is 19.1. The minimum atomic E-state index is -0.298. The fourth-order valence-electron chi connectivity index (χ4n) is 5.25. The van der Waals surface area contributed by atoms with Crippen molar-refractivity contribution in [2.45, 2.75) is 6.92 Å². The normalized spacial score (nSPS) is 14.3. The lowest BCUT2D eigenvalue weighted by Crippen LogP contribution is -2.45. The number of imidazole rings is 1. The van der Waals surface area contributed by atoms with E-state index in [9.17, 15) is 9.65 Å². The number of piperazine rings is 1. The van der Waals surface area contributed by atoms with Crippen molar-refractivity contribution in [3.8, 4) is 22.9 Å². The molecule has 0 atom stereocenters. The third-order valence-electron chi connectivity index (χ3n) is 7.42. The SMILES string of the molecule is Cc1nc(N2CCN(C)CC2)c(C#N)cc1-n1c(=N)n(C)c2cnc3ccc(-c4cccc(F)c4)cc3c21. The van der Waals surface area contributed by atoms with Gasteiger partial charge in [-0.25, -0.2) is 9.37 Å². The summed E-state index contributed by atoms with van der Waals surface area (Å²) in [5.74, 6) is 0.391. The van der Waals surface area contributed by atoms with Crippen LogP contribution in [0.1, 0.15) is 11.3 Å². The first-order chi connectivity index (χ1) is 18.4. The highest BCUT2D eigenvalue weighted by Crippen LogP contribution is 2.32. The molecule has 0 unspecified atom stereocenters. The third-order valence-corrected chi connectivity index (χ3v) is 7.42. The van der Waals surface area contributed by atoms with Crippen molar-refractivity contribution in [1.82, 2.24) is 24.0 Å². The van der Waals surface area contributed by atoms with Gasteiger partial charge in [-0.1, -0.05) is 18.2 Å². The molecule has 0 spiro atoms. The number of aryl methyl sites for hydroxylation is 2. The molecule has 1 N–H and O–H groups in total. The van der Waals surface area contributed by atoms with Crippen LogP contribution < -0.4 is 10.5 Å². The summed E-state index contributed by atoms with van der Waals surface area (Å²) in [4.78, 5) is 14.0. The molecule has 0 radical (unpaired) electrons. The average Bonchev–Trinajstić information content (AvgIpc) is 3.18. The van der Waals surface area contributed by atoms with Gasteiger partial charge in [0.25, 0.3) is 0 Å². The van der Waals surface area contributed by atoms with Crippen LogP contribution in [0.15, 0.2) is 54.7 Å². The summed E-state index contributed by atoms with van der Waals surface area (Å²) in [7, 11) is 3.92. The standard InChI is InChI=1S/C29H27FN8/c1-18-25(15-21(16-31)28(34-18)37-11-9-35(2)10-12-37)38-27-23-14-20(19-5-4-6-22(30)13-19)7-8-24(23)33-17-26(27)36(3)29(38)32/h4-8,13-15,17,32H,9-12H2,1-3H3. The number of benzene rings is 2. The number of halogens is 1. The number of hydrogen-bond donors (Lipinski definition) is 1. The number of aromatic nitrogens is 4. The van der Waals surface area contributed by atoms with E-state index in [-0.39, 0.29) is 11.4 Å². The molecular formula is C29H27FN8. The van der Waals surface area contributed by atoms with Crippen molar-refractivity contribution < 1.29 is 4.39 Å². The van der Waals surface area contributed by atoms with Gasteiger partial charge in [-0.2, -0.15) is 5.26 Å². The summed E-state index contributed by atoms with van der Waals surface area (Å²) >= 11 is 0. The second-order valence-electron chi connectivity index (χ2n) is 9.82. The highest BCUT2D eigenvalue weighted by molar-refractivity contribution is 6.04. The van der Waals surface area contributed by atoms with Gasteiger partial charge in [0.2, 0.25) is 5.62 Å². The summed E-state index contributed by atoms with van der Waals surface area (Å²) in [6, 6.07) is 16.5. The summed E-state index contributed by atoms with van der Waals surface area (Å²) in [6.45, 7) is 5.36. The van der Waals surface area contributed by atoms with E-state index >= 15 is 0 Å². The Hall–Kier alpha value is -4.55. The van der Waals surface area contributed by atoms with Crippen LogP contribution in [0.25, 0.3) is 38.8 Å². The fraction of sp³-hybridized carbons (Fsp3) is 0.241. The largest absolute Gasteiger partial charge is 0.353 e. The van der Waals surface area contributed by atoms with Gasteiger partial charge in [0.15, 0.2) is 0 Å². The van der Waals surface area contributed by atoms with Crippen molar-refractivity contribution >= 4 is 27.8 Å². The number of likely N-dealkylation sites (N-methyl/N-ethyl adjacent to an activating group) is 1. The number of nitriles is 1. The van der Waals surface area contributed by atoms with Gasteiger partial charge in [0.1, 0.15) is 17.7 Å². The monoisotopic (exact) mass is 506 g/mol. The molecule has 38 heavy (non-hydrogen) atoms. The summed E-state index contributed by atoms with van der Waals surface area (Å²) in [5.41, 5.74) is 6.09. The van der Waals surface area contributed by atoms with Crippen LogP contribution >= 0.6 is 0 Å². The topological polar surface area (TPSA) is 89.8 Å². The van der Waals surface area contributed by atoms with Crippen LogP contribution in [0.5, 0.6) is 0 Å². The first kappa shape index (κ1) is 23.8. The zero-order valence-electron chi connectivity index (χ0n) is 21.5. The molecule has 1 aliphatic heterocycles. The summed E-state index contributed by atoms with van der Waals surface area (Å²) in [6.07, 6.45) is 1.76. The van der Waals surface area contributed by atoms with Gasteiger partial charge in [-0.15, -0.1) is 0 Å². The van der Waals surface area contributed by atoms with E-state index in [4.69, 9.17) is 10.4 Å². The van der Waals surface area contributed by atoms with Crippen LogP contribution in [0, 0.1) is 29.5 Å². The Morgan fingerprint density at radius 1 is 1.00 bits per heavy atom. The molecule has 0 amide bonds. The molecule has 1 fully saturated rings. The lowest BCUT2D eigenvalue weighted by molar-refractivity contribution is 0.312. The van der Waals surface area contributed by atoms with Crippen molar-refractivity contribution in [1.29, 1.82) is 10.7 Å². The molecular weight excluding hydrogens is 479 g/mol. The smallest absolute Gasteiger partial charge is 0.207 e. The van der Waals surface area contributed by atoms with Crippen molar-refractivity contribution in [2.24, 2.45) is 7.05 Å². The van der Waals surface area contributed by atoms with Crippen LogP contribution in [-0.4, -0.2) is 57.2 Å². The Morgan fingerprint density at radius 3 is 2.50 bits per heavy atom. The molecule has 0 bridgehead atoms. The van der Waals surface area contributed by atoms with E-state index in [1.165, 1.54) is 12.1 Å². The Balaban J connectivity index is 1.59. The first-order valence-corrected chi connectivity index (χ1v) is 12.5. The quantitative estimate of drug-likeness (QED) is 0.398. The number of nitrogens with zero attached hydrogens (tertiary/aromatic N) is 7. The van der Waals surface area contributed by atoms with Crippen molar-refractivity contribution in [2.75, 3.05) is 38.1 Å². The predicted octanol–water partition coefficient (Wildman–Crippen LogP) is 4.13. The minimum absolute atomic E-state index is 0.242. The molecule has 4 heterocycles. The van der Waals surface area contributed by atoms with E-state index < -0.39 is 0 Å². The molecule has 9 heteroatoms. The van der Waals surface area contributed by atoms with Gasteiger partial charge in [0, 0.05) is 38.6 Å². The molecule has 2 aromatic carbocycles. The number of nitrogens with one attached hydrogen (secondary N) is 1. The first-order valence-electron chi connectivity index (χ1n) is 12.5. The average molecular weight is 507 g/mol. The molecule has 8 nitrogen and oxygen atoms in total. The third kappa shape index (κ3) is 3.81. The molecule has 5 aromatic rings. The van der Waals surface area contributed by atoms with E-state index in [2.05, 4.69) is 27.9 Å². The Morgan fingerprint density at radius 2 is 1.76 bits per heavy atom. The van der Waals surface area contributed by atoms with Gasteiger partial charge >= 0.3 is 0 Å². The molecule has 1 aliphatic rings. The Labute approximate surface area is 219 Å². The lowest BCUT2D eigenvalue weighted by Gasteiger charge is -2.34. The number of hydrogen-bond acceptors (Lipinski definition) is 6. The van der Waals surface area contributed by atoms with Crippen molar-refractivity contribution in [3.05, 3.63) is 77.4 Å². The molecule has 6 rings (SSSR count). The number of anilines is 1. The Kier molecular flexibility index (Phi) is 5.69. The molecule has 1 saturated heterocycles. The Bertz CT molecular complexity index is 1820. The summed E-state index contributed by atoms with van der Waals surface area (Å²) < 4.78 is 17.6. The number of pyridine rings is 2. The minimum Gasteiger partial charge on any atom is -0.353 e. The van der Waals surface area contributed by atoms with Crippen LogP contribution in [-0.2, 0) is 7.05 Å². The van der Waals surface area contributed by atoms with E-state index in [1.54, 1.807) is 16.8 Å². The van der Waals surface area contributed by atoms with Crippen molar-refractivity contribution in [3.63, 3.8) is 0 Å². The van der Waals surface area contributed by atoms with Gasteiger partial charge in [-0.05, 0) is 55.4 Å². The molecule has 0 saturated carbocycles. The number of rotatable bonds is 3. The lowest BCUT2D eigenvalue weighted by atomic mass is 10.0. The highest BCUT2D eigenvalue weighted by Gasteiger charge is 2.22. The fourth-order valence-corrected chi connectivity index (χ4v) is 5.25. The van der Waals surface area contributed by atoms with Crippen LogP contribution in [0.4, 0.5) is 10.2 Å². The molecule has 190 valence electrons. The number of fused-ring (bicyclic) bond motifs is 3. The zero-order valence-corrected chi connectivity index (χ0v) is 21.5. The predicted molar refractivity (Wildman–Crippen MR) is 146 cm³/mol. The van der Waals surface area contributed by atoms with Crippen LogP contribution in [0.3, 0.4) is 0 Å². The maximum atomic E-state index is 14.0. The van der Waals surface area contributed by atoms with Gasteiger partial charge < -0.3 is 14.4 Å². The maximum Gasteiger partial charge on any atom is 0.207 e. The second kappa shape index (κ2) is 9.08. The molecule has 3 aromatic heterocycles. The summed E-state index contributed by atoms with van der Waals surface area (Å²) in [5, 5.41) is 19.9. The van der Waals surface area contributed by atoms with Gasteiger partial charge in [-0.3, -0.25) is 15.0 Å².